The molecule has 0 nitrogen and oxygen atoms in total. The average molecular weight is 164 g/mol. The Morgan fingerprint density at radius 3 is 2.67 bits per heavy atom. The number of hydrogen-bond donors (Lipinski definition) is 0. The third kappa shape index (κ3) is 1.13. The van der Waals surface area contributed by atoms with Gasteiger partial charge in [-0.05, 0) is 25.3 Å². The van der Waals surface area contributed by atoms with Crippen LogP contribution < -0.4 is 0 Å². The second-order valence-corrected chi connectivity index (χ2v) is 3.78. The Balaban J connectivity index is 2.34. The molecule has 1 aromatic rings. The van der Waals surface area contributed by atoms with Crippen molar-refractivity contribution < 1.29 is 4.39 Å². The van der Waals surface area contributed by atoms with Gasteiger partial charge in [-0.15, -0.1) is 0 Å². The fourth-order valence-electron chi connectivity index (χ4n) is 1.63. The summed E-state index contributed by atoms with van der Waals surface area (Å²) in [5, 5.41) is 0. The first-order valence-electron chi connectivity index (χ1n) is 4.40. The number of hydrogen-bond acceptors (Lipinski definition) is 0. The van der Waals surface area contributed by atoms with Crippen molar-refractivity contribution in [2.24, 2.45) is 0 Å². The maximum atomic E-state index is 12.7. The molecule has 0 bridgehead atoms. The zero-order valence-electron chi connectivity index (χ0n) is 7.31. The molecule has 1 aromatic carbocycles. The van der Waals surface area contributed by atoms with Crippen molar-refractivity contribution in [2.75, 3.05) is 6.67 Å². The molecule has 0 aromatic heterocycles. The van der Waals surface area contributed by atoms with E-state index in [0.29, 0.717) is 0 Å². The number of alkyl halides is 1. The molecule has 0 saturated heterocycles. The summed E-state index contributed by atoms with van der Waals surface area (Å²) in [6.07, 6.45) is 2.04. The molecule has 0 aliphatic heterocycles. The molecule has 1 saturated carbocycles. The van der Waals surface area contributed by atoms with E-state index < -0.39 is 0 Å². The van der Waals surface area contributed by atoms with Gasteiger partial charge in [0.05, 0.1) is 6.67 Å². The Morgan fingerprint density at radius 1 is 1.42 bits per heavy atom. The average Bonchev–Trinajstić information content (AvgIpc) is 2.84. The van der Waals surface area contributed by atoms with Crippen molar-refractivity contribution in [2.45, 2.75) is 25.2 Å². The van der Waals surface area contributed by atoms with E-state index in [1.807, 2.05) is 12.1 Å². The summed E-state index contributed by atoms with van der Waals surface area (Å²) < 4.78 is 12.7. The van der Waals surface area contributed by atoms with Gasteiger partial charge in [0.15, 0.2) is 0 Å². The largest absolute Gasteiger partial charge is 0.250 e. The van der Waals surface area contributed by atoms with Crippen LogP contribution >= 0.6 is 0 Å². The molecule has 0 heterocycles. The van der Waals surface area contributed by atoms with Gasteiger partial charge in [-0.1, -0.05) is 29.8 Å². The number of halogens is 1. The first-order chi connectivity index (χ1) is 5.77. The second kappa shape index (κ2) is 2.58. The molecule has 1 heteroatoms. The zero-order valence-corrected chi connectivity index (χ0v) is 7.31. The molecular weight excluding hydrogens is 151 g/mol. The van der Waals surface area contributed by atoms with E-state index in [1.165, 1.54) is 11.1 Å². The molecule has 0 radical (unpaired) electrons. The van der Waals surface area contributed by atoms with Crippen LogP contribution in [0.3, 0.4) is 0 Å². The Bertz CT molecular complexity index is 287. The van der Waals surface area contributed by atoms with Crippen LogP contribution in [-0.4, -0.2) is 6.67 Å². The predicted octanol–water partition coefficient (Wildman–Crippen LogP) is 3.00. The highest BCUT2D eigenvalue weighted by molar-refractivity contribution is 5.34. The van der Waals surface area contributed by atoms with Gasteiger partial charge in [0.1, 0.15) is 0 Å². The summed E-state index contributed by atoms with van der Waals surface area (Å²) in [4.78, 5) is 0. The summed E-state index contributed by atoms with van der Waals surface area (Å²) in [5.74, 6) is 0. The first-order valence-corrected chi connectivity index (χ1v) is 4.40. The molecule has 1 fully saturated rings. The van der Waals surface area contributed by atoms with Gasteiger partial charge in [-0.2, -0.15) is 0 Å². The van der Waals surface area contributed by atoms with Crippen LogP contribution in [0.2, 0.25) is 0 Å². The molecule has 0 amide bonds. The van der Waals surface area contributed by atoms with Gasteiger partial charge >= 0.3 is 0 Å². The third-order valence-corrected chi connectivity index (χ3v) is 2.74. The summed E-state index contributed by atoms with van der Waals surface area (Å²) in [7, 11) is 0. The predicted molar refractivity (Wildman–Crippen MR) is 48.1 cm³/mol. The van der Waals surface area contributed by atoms with Crippen LogP contribution in [0.15, 0.2) is 24.3 Å². The van der Waals surface area contributed by atoms with Crippen LogP contribution in [0.4, 0.5) is 4.39 Å². The van der Waals surface area contributed by atoms with E-state index in [1.54, 1.807) is 0 Å². The SMILES string of the molecule is Cc1cccc(C2(CF)CC2)c1. The Labute approximate surface area is 72.4 Å². The minimum Gasteiger partial charge on any atom is -0.250 e. The number of benzene rings is 1. The second-order valence-electron chi connectivity index (χ2n) is 3.78. The summed E-state index contributed by atoms with van der Waals surface area (Å²) >= 11 is 0. The molecular formula is C11H13F. The quantitative estimate of drug-likeness (QED) is 0.630. The van der Waals surface area contributed by atoms with Crippen LogP contribution in [0.25, 0.3) is 0 Å². The maximum Gasteiger partial charge on any atom is 0.0990 e. The van der Waals surface area contributed by atoms with Crippen molar-refractivity contribution in [1.82, 2.24) is 0 Å². The summed E-state index contributed by atoms with van der Waals surface area (Å²) in [6, 6.07) is 8.21. The normalized spacial score (nSPS) is 19.2. The Morgan fingerprint density at radius 2 is 2.17 bits per heavy atom. The van der Waals surface area contributed by atoms with E-state index >= 15 is 0 Å². The lowest BCUT2D eigenvalue weighted by Crippen LogP contribution is -2.08. The van der Waals surface area contributed by atoms with Crippen molar-refractivity contribution in [3.05, 3.63) is 35.4 Å². The highest BCUT2D eigenvalue weighted by Crippen LogP contribution is 2.48. The van der Waals surface area contributed by atoms with Crippen LogP contribution in [-0.2, 0) is 5.41 Å². The standard InChI is InChI=1S/C11H13F/c1-9-3-2-4-10(7-9)11(8-12)5-6-11/h2-4,7H,5-6,8H2,1H3. The Hall–Kier alpha value is -0.850. The smallest absolute Gasteiger partial charge is 0.0990 e. The lowest BCUT2D eigenvalue weighted by molar-refractivity contribution is 0.417. The minimum atomic E-state index is -0.198. The van der Waals surface area contributed by atoms with Gasteiger partial charge in [0.2, 0.25) is 0 Å². The van der Waals surface area contributed by atoms with Crippen molar-refractivity contribution in [1.29, 1.82) is 0 Å². The molecule has 64 valence electrons. The van der Waals surface area contributed by atoms with E-state index in [0.717, 1.165) is 12.8 Å². The topological polar surface area (TPSA) is 0 Å². The van der Waals surface area contributed by atoms with E-state index in [2.05, 4.69) is 19.1 Å². The maximum absolute atomic E-state index is 12.7. The molecule has 0 atom stereocenters. The lowest BCUT2D eigenvalue weighted by Gasteiger charge is -2.10. The van der Waals surface area contributed by atoms with Crippen molar-refractivity contribution in [3.8, 4) is 0 Å². The lowest BCUT2D eigenvalue weighted by atomic mass is 9.96. The van der Waals surface area contributed by atoms with Crippen molar-refractivity contribution in [3.63, 3.8) is 0 Å². The molecule has 0 spiro atoms. The first kappa shape index (κ1) is 7.78. The van der Waals surface area contributed by atoms with E-state index in [-0.39, 0.29) is 12.1 Å². The summed E-state index contributed by atoms with van der Waals surface area (Å²) in [5.41, 5.74) is 2.32. The van der Waals surface area contributed by atoms with Crippen LogP contribution in [0, 0.1) is 6.92 Å². The number of aryl methyl sites for hydroxylation is 1. The minimum absolute atomic E-state index is 0.0912. The zero-order chi connectivity index (χ0) is 8.60. The molecule has 1 aliphatic rings. The highest BCUT2D eigenvalue weighted by atomic mass is 19.1. The van der Waals surface area contributed by atoms with E-state index in [9.17, 15) is 4.39 Å². The molecule has 2 rings (SSSR count). The van der Waals surface area contributed by atoms with Gasteiger partial charge in [0, 0.05) is 5.41 Å². The summed E-state index contributed by atoms with van der Waals surface area (Å²) in [6.45, 7) is 1.86. The Kier molecular flexibility index (Phi) is 1.67. The van der Waals surface area contributed by atoms with Gasteiger partial charge in [0.25, 0.3) is 0 Å². The van der Waals surface area contributed by atoms with Gasteiger partial charge < -0.3 is 0 Å². The fourth-order valence-corrected chi connectivity index (χ4v) is 1.63. The third-order valence-electron chi connectivity index (χ3n) is 2.74. The van der Waals surface area contributed by atoms with Crippen LogP contribution in [0.5, 0.6) is 0 Å². The monoisotopic (exact) mass is 164 g/mol. The molecule has 0 N–H and O–H groups in total. The van der Waals surface area contributed by atoms with E-state index in [4.69, 9.17) is 0 Å². The van der Waals surface area contributed by atoms with Crippen LogP contribution in [0.1, 0.15) is 24.0 Å². The molecule has 1 aliphatic carbocycles. The van der Waals surface area contributed by atoms with Crippen molar-refractivity contribution >= 4 is 0 Å². The van der Waals surface area contributed by atoms with Gasteiger partial charge in [-0.25, -0.2) is 0 Å². The molecule has 0 unspecified atom stereocenters. The van der Waals surface area contributed by atoms with Gasteiger partial charge in [-0.3, -0.25) is 4.39 Å². The fraction of sp³-hybridized carbons (Fsp3) is 0.455. The number of rotatable bonds is 2. The molecule has 12 heavy (non-hydrogen) atoms. The highest BCUT2D eigenvalue weighted by Gasteiger charge is 2.44.